The predicted molar refractivity (Wildman–Crippen MR) is 83.1 cm³/mol. The fourth-order valence-corrected chi connectivity index (χ4v) is 2.54. The molecule has 0 heterocycles. The van der Waals surface area contributed by atoms with Crippen molar-refractivity contribution >= 4 is 19.6 Å². The second-order valence-electron chi connectivity index (χ2n) is 3.70. The maximum absolute atomic E-state index is 3.69. The summed E-state index contributed by atoms with van der Waals surface area (Å²) in [6.45, 7) is 5.76. The maximum atomic E-state index is 3.69. The monoisotopic (exact) mass is 242 g/mol. The van der Waals surface area contributed by atoms with Gasteiger partial charge in [0.1, 0.15) is 7.85 Å². The molecule has 0 aliphatic heterocycles. The van der Waals surface area contributed by atoms with Crippen LogP contribution in [0.25, 0.3) is 0 Å². The Morgan fingerprint density at radius 3 is 2.65 bits per heavy atom. The second-order valence-corrected chi connectivity index (χ2v) is 4.75. The fourth-order valence-electron chi connectivity index (χ4n) is 1.59. The summed E-state index contributed by atoms with van der Waals surface area (Å²) in [6, 6.07) is 8.66. The molecule has 2 heteroatoms. The standard InChI is InChI=1S/C15H19BS/c1-3-5-10-15(4-2)17-12-14-9-7-6-8-13(14)11-16/h3-10H,1,11-12,16H2,2H3/b10-5-,15-4+. The Morgan fingerprint density at radius 1 is 1.35 bits per heavy atom. The van der Waals surface area contributed by atoms with E-state index in [1.807, 2.05) is 23.9 Å². The molecule has 0 nitrogen and oxygen atoms in total. The molecule has 0 fully saturated rings. The Balaban J connectivity index is 2.66. The summed E-state index contributed by atoms with van der Waals surface area (Å²) in [7, 11) is 2.21. The zero-order chi connectivity index (χ0) is 12.5. The number of rotatable bonds is 6. The van der Waals surface area contributed by atoms with Crippen molar-refractivity contribution in [3.63, 3.8) is 0 Å². The Labute approximate surface area is 110 Å². The van der Waals surface area contributed by atoms with Crippen LogP contribution in [0.1, 0.15) is 18.1 Å². The van der Waals surface area contributed by atoms with E-state index in [1.54, 1.807) is 0 Å². The quantitative estimate of drug-likeness (QED) is 0.541. The average molecular weight is 242 g/mol. The molecule has 0 saturated carbocycles. The first-order chi connectivity index (χ1) is 8.31. The topological polar surface area (TPSA) is 0 Å². The molecule has 0 aliphatic carbocycles. The Bertz CT molecular complexity index is 419. The third kappa shape index (κ3) is 4.70. The van der Waals surface area contributed by atoms with Gasteiger partial charge in [0, 0.05) is 10.7 Å². The molecule has 0 saturated heterocycles. The molecule has 0 amide bonds. The molecule has 0 bridgehead atoms. The van der Waals surface area contributed by atoms with Crippen molar-refractivity contribution in [1.82, 2.24) is 0 Å². The van der Waals surface area contributed by atoms with E-state index in [9.17, 15) is 0 Å². The van der Waals surface area contributed by atoms with Gasteiger partial charge in [-0.3, -0.25) is 0 Å². The van der Waals surface area contributed by atoms with Crippen molar-refractivity contribution in [2.45, 2.75) is 19.0 Å². The van der Waals surface area contributed by atoms with Crippen molar-refractivity contribution in [3.05, 3.63) is 71.2 Å². The van der Waals surface area contributed by atoms with Gasteiger partial charge in [0.25, 0.3) is 0 Å². The summed E-state index contributed by atoms with van der Waals surface area (Å²) < 4.78 is 0. The minimum atomic E-state index is 1.03. The van der Waals surface area contributed by atoms with E-state index in [0.717, 1.165) is 12.1 Å². The van der Waals surface area contributed by atoms with Gasteiger partial charge in [-0.2, -0.15) is 0 Å². The van der Waals surface area contributed by atoms with E-state index >= 15 is 0 Å². The van der Waals surface area contributed by atoms with Crippen molar-refractivity contribution < 1.29 is 0 Å². The maximum Gasteiger partial charge on any atom is 0.107 e. The van der Waals surface area contributed by atoms with Crippen LogP contribution in [0.15, 0.2) is 60.1 Å². The van der Waals surface area contributed by atoms with Gasteiger partial charge in [-0.25, -0.2) is 0 Å². The van der Waals surface area contributed by atoms with Gasteiger partial charge in [-0.1, -0.05) is 61.0 Å². The number of benzene rings is 1. The molecular formula is C15H19BS. The predicted octanol–water partition coefficient (Wildman–Crippen LogP) is 3.70. The summed E-state index contributed by atoms with van der Waals surface area (Å²) in [5, 5.41) is 0. The van der Waals surface area contributed by atoms with E-state index in [4.69, 9.17) is 0 Å². The van der Waals surface area contributed by atoms with Crippen LogP contribution < -0.4 is 0 Å². The molecule has 0 aromatic heterocycles. The fraction of sp³-hybridized carbons (Fsp3) is 0.200. The smallest absolute Gasteiger partial charge is 0.107 e. The molecule has 1 aromatic carbocycles. The first-order valence-electron chi connectivity index (χ1n) is 5.96. The highest BCUT2D eigenvalue weighted by Gasteiger charge is 2.00. The van der Waals surface area contributed by atoms with Gasteiger partial charge in [-0.05, 0) is 18.6 Å². The lowest BCUT2D eigenvalue weighted by atomic mass is 9.94. The molecule has 0 spiro atoms. The van der Waals surface area contributed by atoms with Gasteiger partial charge in [0.2, 0.25) is 0 Å². The van der Waals surface area contributed by atoms with Crippen LogP contribution in [0.3, 0.4) is 0 Å². The minimum absolute atomic E-state index is 1.03. The van der Waals surface area contributed by atoms with Crippen LogP contribution in [-0.4, -0.2) is 7.85 Å². The minimum Gasteiger partial charge on any atom is -0.122 e. The molecule has 0 radical (unpaired) electrons. The van der Waals surface area contributed by atoms with E-state index in [0.29, 0.717) is 0 Å². The van der Waals surface area contributed by atoms with E-state index < -0.39 is 0 Å². The molecule has 0 unspecified atom stereocenters. The van der Waals surface area contributed by atoms with Gasteiger partial charge in [0.05, 0.1) is 0 Å². The zero-order valence-corrected chi connectivity index (χ0v) is 11.5. The van der Waals surface area contributed by atoms with Crippen LogP contribution in [0.4, 0.5) is 0 Å². The van der Waals surface area contributed by atoms with Gasteiger partial charge < -0.3 is 0 Å². The molecule has 0 aliphatic rings. The number of hydrogen-bond donors (Lipinski definition) is 0. The van der Waals surface area contributed by atoms with Gasteiger partial charge in [-0.15, -0.1) is 11.8 Å². The number of thioether (sulfide) groups is 1. The molecule has 17 heavy (non-hydrogen) atoms. The molecule has 1 rings (SSSR count). The third-order valence-electron chi connectivity index (χ3n) is 2.57. The summed E-state index contributed by atoms with van der Waals surface area (Å²) in [5.74, 6) is 1.03. The van der Waals surface area contributed by atoms with Crippen LogP contribution in [0.2, 0.25) is 0 Å². The average Bonchev–Trinajstić information content (AvgIpc) is 2.39. The highest BCUT2D eigenvalue weighted by Crippen LogP contribution is 2.24. The number of allylic oxidation sites excluding steroid dienone is 4. The normalized spacial score (nSPS) is 11.9. The third-order valence-corrected chi connectivity index (χ3v) is 3.74. The number of hydrogen-bond acceptors (Lipinski definition) is 1. The van der Waals surface area contributed by atoms with Crippen molar-refractivity contribution in [3.8, 4) is 0 Å². The Kier molecular flexibility index (Phi) is 6.57. The van der Waals surface area contributed by atoms with Crippen molar-refractivity contribution in [2.24, 2.45) is 0 Å². The molecule has 0 N–H and O–H groups in total. The Morgan fingerprint density at radius 2 is 2.06 bits per heavy atom. The van der Waals surface area contributed by atoms with Gasteiger partial charge in [0.15, 0.2) is 0 Å². The molecular weight excluding hydrogens is 223 g/mol. The van der Waals surface area contributed by atoms with E-state index in [2.05, 4.69) is 57.8 Å². The highest BCUT2D eigenvalue weighted by atomic mass is 32.2. The lowest BCUT2D eigenvalue weighted by molar-refractivity contribution is 1.27. The lowest BCUT2D eigenvalue weighted by Crippen LogP contribution is -1.91. The summed E-state index contributed by atoms with van der Waals surface area (Å²) in [4.78, 5) is 1.29. The van der Waals surface area contributed by atoms with Crippen LogP contribution in [0.5, 0.6) is 0 Å². The van der Waals surface area contributed by atoms with E-state index in [-0.39, 0.29) is 0 Å². The van der Waals surface area contributed by atoms with E-state index in [1.165, 1.54) is 16.0 Å². The summed E-state index contributed by atoms with van der Waals surface area (Å²) in [6.07, 6.45) is 9.13. The van der Waals surface area contributed by atoms with Crippen molar-refractivity contribution in [1.29, 1.82) is 0 Å². The zero-order valence-electron chi connectivity index (χ0n) is 10.6. The molecule has 0 atom stereocenters. The molecule has 88 valence electrons. The lowest BCUT2D eigenvalue weighted by Gasteiger charge is -2.07. The highest BCUT2D eigenvalue weighted by molar-refractivity contribution is 8.02. The molecule has 1 aromatic rings. The second kappa shape index (κ2) is 8.02. The van der Waals surface area contributed by atoms with Crippen LogP contribution in [-0.2, 0) is 12.1 Å². The first kappa shape index (κ1) is 13.9. The van der Waals surface area contributed by atoms with Crippen molar-refractivity contribution in [2.75, 3.05) is 0 Å². The largest absolute Gasteiger partial charge is 0.122 e. The summed E-state index contributed by atoms with van der Waals surface area (Å²) >= 11 is 1.87. The SMILES string of the molecule is BCc1ccccc1CSC(/C=C\C=C)=C/C. The first-order valence-corrected chi connectivity index (χ1v) is 6.95. The van der Waals surface area contributed by atoms with Crippen LogP contribution in [0, 0.1) is 0 Å². The summed E-state index contributed by atoms with van der Waals surface area (Å²) in [5.41, 5.74) is 2.88. The van der Waals surface area contributed by atoms with Gasteiger partial charge >= 0.3 is 0 Å². The van der Waals surface area contributed by atoms with Crippen LogP contribution >= 0.6 is 11.8 Å². The Hall–Kier alpha value is -1.15.